The van der Waals surface area contributed by atoms with E-state index in [0.29, 0.717) is 50.5 Å². The number of thiocarbonyl (C=S) groups is 1. The molecule has 0 radical (unpaired) electrons. The van der Waals surface area contributed by atoms with Crippen LogP contribution in [0.25, 0.3) is 6.08 Å². The third-order valence-electron chi connectivity index (χ3n) is 4.13. The lowest BCUT2D eigenvalue weighted by molar-refractivity contribution is -0.121. The van der Waals surface area contributed by atoms with E-state index in [4.69, 9.17) is 44.9 Å². The summed E-state index contributed by atoms with van der Waals surface area (Å²) in [6, 6.07) is 10.9. The monoisotopic (exact) mass is 467 g/mol. The van der Waals surface area contributed by atoms with Crippen molar-refractivity contribution < 1.29 is 14.3 Å². The molecule has 1 aliphatic rings. The second-order valence-corrected chi connectivity index (χ2v) is 8.59. The molecule has 4 nitrogen and oxygen atoms in total. The van der Waals surface area contributed by atoms with Gasteiger partial charge < -0.3 is 9.47 Å². The Morgan fingerprint density at radius 3 is 2.52 bits per heavy atom. The predicted octanol–water partition coefficient (Wildman–Crippen LogP) is 6.19. The molecular formula is C21H19Cl2NO3S2. The fraction of sp³-hybridized carbons (Fsp3) is 0.238. The second kappa shape index (κ2) is 9.85. The Morgan fingerprint density at radius 2 is 1.86 bits per heavy atom. The Kier molecular flexibility index (Phi) is 7.46. The number of rotatable bonds is 7. The van der Waals surface area contributed by atoms with Crippen molar-refractivity contribution in [3.05, 3.63) is 62.5 Å². The molecule has 152 valence electrons. The molecule has 0 unspecified atom stereocenters. The van der Waals surface area contributed by atoms with Crippen LogP contribution in [0.4, 0.5) is 0 Å². The highest BCUT2D eigenvalue weighted by atomic mass is 35.5. The fourth-order valence-corrected chi connectivity index (χ4v) is 4.42. The Labute approximate surface area is 189 Å². The van der Waals surface area contributed by atoms with Crippen LogP contribution >= 0.6 is 47.2 Å². The maximum atomic E-state index is 12.4. The zero-order chi connectivity index (χ0) is 21.0. The molecule has 1 saturated heterocycles. The normalized spacial score (nSPS) is 15.3. The molecule has 0 aliphatic carbocycles. The summed E-state index contributed by atoms with van der Waals surface area (Å²) in [6.45, 7) is 5.19. The average Bonchev–Trinajstić information content (AvgIpc) is 2.96. The zero-order valence-corrected chi connectivity index (χ0v) is 19.1. The Bertz CT molecular complexity index is 978. The van der Waals surface area contributed by atoms with Crippen molar-refractivity contribution in [1.29, 1.82) is 0 Å². The smallest absolute Gasteiger partial charge is 0.266 e. The van der Waals surface area contributed by atoms with Gasteiger partial charge in [-0.25, -0.2) is 0 Å². The number of ether oxygens (including phenoxy) is 2. The van der Waals surface area contributed by atoms with Gasteiger partial charge in [0, 0.05) is 6.54 Å². The van der Waals surface area contributed by atoms with Gasteiger partial charge >= 0.3 is 0 Å². The Balaban J connectivity index is 1.80. The molecule has 0 atom stereocenters. The van der Waals surface area contributed by atoms with Crippen LogP contribution in [0.2, 0.25) is 10.0 Å². The van der Waals surface area contributed by atoms with E-state index in [-0.39, 0.29) is 5.91 Å². The van der Waals surface area contributed by atoms with Gasteiger partial charge in [-0.1, -0.05) is 59.3 Å². The van der Waals surface area contributed by atoms with Gasteiger partial charge in [-0.3, -0.25) is 9.69 Å². The number of amides is 1. The van der Waals surface area contributed by atoms with Gasteiger partial charge in [0.15, 0.2) is 11.5 Å². The molecule has 0 saturated carbocycles. The quantitative estimate of drug-likeness (QED) is 0.358. The van der Waals surface area contributed by atoms with Crippen molar-refractivity contribution in [3.8, 4) is 11.5 Å². The van der Waals surface area contributed by atoms with Crippen LogP contribution in [0.15, 0.2) is 41.3 Å². The minimum Gasteiger partial charge on any atom is -0.490 e. The molecule has 8 heteroatoms. The van der Waals surface area contributed by atoms with Crippen molar-refractivity contribution >= 4 is 63.5 Å². The molecule has 1 aliphatic heterocycles. The van der Waals surface area contributed by atoms with Crippen LogP contribution in [0.1, 0.15) is 25.0 Å². The van der Waals surface area contributed by atoms with E-state index in [1.807, 2.05) is 44.2 Å². The number of carbonyl (C=O) groups is 1. The Hall–Kier alpha value is -1.73. The topological polar surface area (TPSA) is 38.8 Å². The van der Waals surface area contributed by atoms with Crippen LogP contribution in [-0.2, 0) is 11.4 Å². The maximum absolute atomic E-state index is 12.4. The van der Waals surface area contributed by atoms with Gasteiger partial charge in [0.25, 0.3) is 5.91 Å². The fourth-order valence-electron chi connectivity index (χ4n) is 2.72. The maximum Gasteiger partial charge on any atom is 0.266 e. The van der Waals surface area contributed by atoms with E-state index in [9.17, 15) is 4.79 Å². The summed E-state index contributed by atoms with van der Waals surface area (Å²) < 4.78 is 12.2. The summed E-state index contributed by atoms with van der Waals surface area (Å²) in [7, 11) is 0. The van der Waals surface area contributed by atoms with Gasteiger partial charge in [-0.15, -0.1) is 0 Å². The van der Waals surface area contributed by atoms with Crippen molar-refractivity contribution in [2.45, 2.75) is 20.5 Å². The minimum atomic E-state index is -0.0691. The van der Waals surface area contributed by atoms with Crippen molar-refractivity contribution in [2.24, 2.45) is 0 Å². The van der Waals surface area contributed by atoms with Crippen molar-refractivity contribution in [1.82, 2.24) is 4.90 Å². The highest BCUT2D eigenvalue weighted by Gasteiger charge is 2.30. The number of hydrogen-bond acceptors (Lipinski definition) is 5. The first-order valence-corrected chi connectivity index (χ1v) is 11.0. The molecule has 29 heavy (non-hydrogen) atoms. The van der Waals surface area contributed by atoms with Gasteiger partial charge in [0.2, 0.25) is 0 Å². The lowest BCUT2D eigenvalue weighted by Crippen LogP contribution is -2.27. The van der Waals surface area contributed by atoms with E-state index < -0.39 is 0 Å². The van der Waals surface area contributed by atoms with Gasteiger partial charge in [-0.2, -0.15) is 0 Å². The number of likely N-dealkylation sites (N-methyl/N-ethyl adjacent to an activating group) is 1. The van der Waals surface area contributed by atoms with Crippen LogP contribution in [0.3, 0.4) is 0 Å². The third kappa shape index (κ3) is 5.25. The standard InChI is InChI=1S/C21H19Cl2NO3S2/c1-3-24-20(25)19(29-21(24)28)11-13-6-8-17(18(10-13)26-4-2)27-12-14-5-7-15(22)16(23)9-14/h5-11H,3-4,12H2,1-2H3. The van der Waals surface area contributed by atoms with E-state index >= 15 is 0 Å². The van der Waals surface area contributed by atoms with E-state index in [1.165, 1.54) is 11.8 Å². The first-order chi connectivity index (χ1) is 13.9. The van der Waals surface area contributed by atoms with E-state index in [2.05, 4.69) is 0 Å². The first-order valence-electron chi connectivity index (χ1n) is 9.01. The third-order valence-corrected chi connectivity index (χ3v) is 6.25. The lowest BCUT2D eigenvalue weighted by atomic mass is 10.1. The van der Waals surface area contributed by atoms with E-state index in [1.54, 1.807) is 17.0 Å². The van der Waals surface area contributed by atoms with Crippen LogP contribution in [-0.4, -0.2) is 28.3 Å². The summed E-state index contributed by atoms with van der Waals surface area (Å²) in [5, 5.41) is 0.987. The molecule has 3 rings (SSSR count). The number of hydrogen-bond donors (Lipinski definition) is 0. The molecule has 2 aromatic rings. The minimum absolute atomic E-state index is 0.0691. The SMILES string of the molecule is CCOc1cc(C=C2SC(=S)N(CC)C2=O)ccc1OCc1ccc(Cl)c(Cl)c1. The zero-order valence-electron chi connectivity index (χ0n) is 15.9. The molecular weight excluding hydrogens is 449 g/mol. The summed E-state index contributed by atoms with van der Waals surface area (Å²) in [4.78, 5) is 14.6. The van der Waals surface area contributed by atoms with Gasteiger partial charge in [-0.05, 0) is 55.3 Å². The van der Waals surface area contributed by atoms with Gasteiger partial charge in [0.1, 0.15) is 10.9 Å². The second-order valence-electron chi connectivity index (χ2n) is 6.10. The molecule has 1 amide bonds. The average molecular weight is 468 g/mol. The lowest BCUT2D eigenvalue weighted by Gasteiger charge is -2.13. The van der Waals surface area contributed by atoms with Gasteiger partial charge in [0.05, 0.1) is 21.6 Å². The summed E-state index contributed by atoms with van der Waals surface area (Å²) in [5.74, 6) is 1.14. The molecule has 2 aromatic carbocycles. The highest BCUT2D eigenvalue weighted by Crippen LogP contribution is 2.35. The molecule has 0 spiro atoms. The molecule has 0 bridgehead atoms. The number of halogens is 2. The number of carbonyl (C=O) groups excluding carboxylic acids is 1. The summed E-state index contributed by atoms with van der Waals surface area (Å²) in [6.07, 6.45) is 1.82. The van der Waals surface area contributed by atoms with E-state index in [0.717, 1.165) is 11.1 Å². The van der Waals surface area contributed by atoms with Crippen molar-refractivity contribution in [3.63, 3.8) is 0 Å². The van der Waals surface area contributed by atoms with Crippen molar-refractivity contribution in [2.75, 3.05) is 13.2 Å². The molecule has 1 fully saturated rings. The summed E-state index contributed by atoms with van der Waals surface area (Å²) in [5.41, 5.74) is 1.74. The predicted molar refractivity (Wildman–Crippen MR) is 124 cm³/mol. The number of nitrogens with zero attached hydrogens (tertiary/aromatic N) is 1. The van der Waals surface area contributed by atoms with Crippen LogP contribution in [0.5, 0.6) is 11.5 Å². The first kappa shape index (κ1) is 22.0. The van der Waals surface area contributed by atoms with Crippen LogP contribution in [0, 0.1) is 0 Å². The highest BCUT2D eigenvalue weighted by molar-refractivity contribution is 8.26. The number of thioether (sulfide) groups is 1. The molecule has 0 N–H and O–H groups in total. The Morgan fingerprint density at radius 1 is 1.07 bits per heavy atom. The molecule has 0 aromatic heterocycles. The largest absolute Gasteiger partial charge is 0.490 e. The summed E-state index contributed by atoms with van der Waals surface area (Å²) >= 11 is 18.6. The molecule has 1 heterocycles. The number of benzene rings is 2. The van der Waals surface area contributed by atoms with Crippen LogP contribution < -0.4 is 9.47 Å².